The van der Waals surface area contributed by atoms with E-state index in [9.17, 15) is 4.79 Å². The van der Waals surface area contributed by atoms with Crippen molar-refractivity contribution >= 4 is 5.97 Å². The van der Waals surface area contributed by atoms with Crippen molar-refractivity contribution in [1.29, 1.82) is 0 Å². The first-order chi connectivity index (χ1) is 6.58. The Hall–Kier alpha value is -0.790. The third-order valence-corrected chi connectivity index (χ3v) is 1.98. The van der Waals surface area contributed by atoms with E-state index in [-0.39, 0.29) is 17.3 Å². The Kier molecular flexibility index (Phi) is 4.57. The van der Waals surface area contributed by atoms with E-state index in [1.807, 2.05) is 60.6 Å². The van der Waals surface area contributed by atoms with Gasteiger partial charge in [-0.2, -0.15) is 0 Å². The molecule has 0 heterocycles. The zero-order valence-electron chi connectivity index (χ0n) is 11.0. The Morgan fingerprint density at radius 3 is 1.87 bits per heavy atom. The van der Waals surface area contributed by atoms with Crippen LogP contribution in [0.1, 0.15) is 48.5 Å². The van der Waals surface area contributed by atoms with Crippen LogP contribution in [0.5, 0.6) is 0 Å². The summed E-state index contributed by atoms with van der Waals surface area (Å²) in [6.45, 7) is 13.7. The molecular weight excluding hydrogens is 188 g/mol. The van der Waals surface area contributed by atoms with E-state index < -0.39 is 5.60 Å². The van der Waals surface area contributed by atoms with Crippen molar-refractivity contribution in [3.05, 3.63) is 12.2 Å². The van der Waals surface area contributed by atoms with Crippen LogP contribution in [0, 0.1) is 11.3 Å². The number of ether oxygens (including phenoxy) is 1. The van der Waals surface area contributed by atoms with Gasteiger partial charge in [-0.05, 0) is 33.1 Å². The first kappa shape index (κ1) is 14.2. The normalized spacial score (nSPS) is 15.4. The van der Waals surface area contributed by atoms with Gasteiger partial charge in [0.2, 0.25) is 0 Å². The van der Waals surface area contributed by atoms with Gasteiger partial charge in [-0.3, -0.25) is 4.79 Å². The molecule has 0 rings (SSSR count). The second-order valence-corrected chi connectivity index (χ2v) is 5.90. The summed E-state index contributed by atoms with van der Waals surface area (Å²) in [5.74, 6) is -0.324. The number of hydrogen-bond donors (Lipinski definition) is 0. The minimum Gasteiger partial charge on any atom is -0.460 e. The molecule has 0 saturated carbocycles. The lowest BCUT2D eigenvalue weighted by Crippen LogP contribution is -2.34. The van der Waals surface area contributed by atoms with Crippen LogP contribution in [-0.4, -0.2) is 11.6 Å². The summed E-state index contributed by atoms with van der Waals surface area (Å²) in [6, 6.07) is 0. The largest absolute Gasteiger partial charge is 0.460 e. The maximum atomic E-state index is 11.9. The van der Waals surface area contributed by atoms with Gasteiger partial charge in [-0.1, -0.05) is 32.9 Å². The zero-order chi connectivity index (χ0) is 12.3. The number of hydrogen-bond acceptors (Lipinski definition) is 2. The SMILES string of the molecule is CC=CC(C(=O)OC(C)(C)C)C(C)(C)C. The molecule has 0 radical (unpaired) electrons. The molecule has 0 aliphatic carbocycles. The molecule has 2 nitrogen and oxygen atoms in total. The maximum Gasteiger partial charge on any atom is 0.313 e. The molecule has 0 amide bonds. The monoisotopic (exact) mass is 212 g/mol. The van der Waals surface area contributed by atoms with E-state index in [4.69, 9.17) is 4.74 Å². The van der Waals surface area contributed by atoms with Crippen LogP contribution in [0.15, 0.2) is 12.2 Å². The van der Waals surface area contributed by atoms with Crippen molar-refractivity contribution in [2.75, 3.05) is 0 Å². The Balaban J connectivity index is 4.74. The summed E-state index contributed by atoms with van der Waals surface area (Å²) >= 11 is 0. The van der Waals surface area contributed by atoms with Crippen LogP contribution in [0.2, 0.25) is 0 Å². The van der Waals surface area contributed by atoms with E-state index >= 15 is 0 Å². The molecule has 0 fully saturated rings. The van der Waals surface area contributed by atoms with Gasteiger partial charge in [0.15, 0.2) is 0 Å². The van der Waals surface area contributed by atoms with Crippen LogP contribution in [0.3, 0.4) is 0 Å². The molecular formula is C13H24O2. The lowest BCUT2D eigenvalue weighted by Gasteiger charge is -2.29. The predicted molar refractivity (Wildman–Crippen MR) is 63.6 cm³/mol. The van der Waals surface area contributed by atoms with Crippen LogP contribution >= 0.6 is 0 Å². The van der Waals surface area contributed by atoms with Gasteiger partial charge >= 0.3 is 5.97 Å². The summed E-state index contributed by atoms with van der Waals surface area (Å²) < 4.78 is 5.39. The van der Waals surface area contributed by atoms with Crippen LogP contribution < -0.4 is 0 Å². The van der Waals surface area contributed by atoms with Gasteiger partial charge < -0.3 is 4.74 Å². The van der Waals surface area contributed by atoms with Crippen molar-refractivity contribution in [3.63, 3.8) is 0 Å². The number of allylic oxidation sites excluding steroid dienone is 1. The van der Waals surface area contributed by atoms with E-state index in [0.717, 1.165) is 0 Å². The Morgan fingerprint density at radius 2 is 1.60 bits per heavy atom. The maximum absolute atomic E-state index is 11.9. The van der Waals surface area contributed by atoms with Crippen molar-refractivity contribution < 1.29 is 9.53 Å². The highest BCUT2D eigenvalue weighted by atomic mass is 16.6. The molecule has 1 atom stereocenters. The first-order valence-corrected chi connectivity index (χ1v) is 5.43. The molecule has 88 valence electrons. The topological polar surface area (TPSA) is 26.3 Å². The van der Waals surface area contributed by atoms with Crippen molar-refractivity contribution in [2.45, 2.75) is 54.1 Å². The van der Waals surface area contributed by atoms with Gasteiger partial charge in [-0.15, -0.1) is 0 Å². The molecule has 0 aromatic rings. The number of rotatable bonds is 2. The van der Waals surface area contributed by atoms with E-state index in [0.29, 0.717) is 0 Å². The zero-order valence-corrected chi connectivity index (χ0v) is 11.0. The average Bonchev–Trinajstić information content (AvgIpc) is 1.93. The standard InChI is InChI=1S/C13H24O2/c1-8-9-10(12(2,3)4)11(14)15-13(5,6)7/h8-10H,1-7H3. The fourth-order valence-electron chi connectivity index (χ4n) is 1.28. The fourth-order valence-corrected chi connectivity index (χ4v) is 1.28. The van der Waals surface area contributed by atoms with Gasteiger partial charge in [0.05, 0.1) is 5.92 Å². The molecule has 0 spiro atoms. The molecule has 0 aromatic carbocycles. The lowest BCUT2D eigenvalue weighted by atomic mass is 9.80. The third kappa shape index (κ3) is 5.60. The van der Waals surface area contributed by atoms with E-state index in [2.05, 4.69) is 0 Å². The molecule has 0 saturated heterocycles. The van der Waals surface area contributed by atoms with Crippen molar-refractivity contribution in [1.82, 2.24) is 0 Å². The summed E-state index contributed by atoms with van der Waals surface area (Å²) in [4.78, 5) is 11.9. The Labute approximate surface area is 93.7 Å². The van der Waals surface area contributed by atoms with Crippen molar-refractivity contribution in [2.24, 2.45) is 11.3 Å². The highest BCUT2D eigenvalue weighted by Gasteiger charge is 2.32. The van der Waals surface area contributed by atoms with Crippen molar-refractivity contribution in [3.8, 4) is 0 Å². The van der Waals surface area contributed by atoms with Gasteiger partial charge in [0.1, 0.15) is 5.60 Å². The van der Waals surface area contributed by atoms with Crippen LogP contribution in [-0.2, 0) is 9.53 Å². The van der Waals surface area contributed by atoms with Gasteiger partial charge in [-0.25, -0.2) is 0 Å². The third-order valence-electron chi connectivity index (χ3n) is 1.98. The molecule has 0 N–H and O–H groups in total. The summed E-state index contributed by atoms with van der Waals surface area (Å²) in [5, 5.41) is 0. The molecule has 0 aliphatic heterocycles. The average molecular weight is 212 g/mol. The summed E-state index contributed by atoms with van der Waals surface area (Å²) in [5.41, 5.74) is -0.517. The highest BCUT2D eigenvalue weighted by Crippen LogP contribution is 2.29. The number of carbonyl (C=O) groups is 1. The summed E-state index contributed by atoms with van der Waals surface area (Å²) in [7, 11) is 0. The Bertz CT molecular complexity index is 238. The quantitative estimate of drug-likeness (QED) is 0.516. The predicted octanol–water partition coefficient (Wildman–Crippen LogP) is 3.57. The smallest absolute Gasteiger partial charge is 0.313 e. The fraction of sp³-hybridized carbons (Fsp3) is 0.769. The van der Waals surface area contributed by atoms with Gasteiger partial charge in [0, 0.05) is 0 Å². The molecule has 15 heavy (non-hydrogen) atoms. The summed E-state index contributed by atoms with van der Waals surface area (Å²) in [6.07, 6.45) is 3.81. The molecule has 1 unspecified atom stereocenters. The van der Waals surface area contributed by atoms with E-state index in [1.54, 1.807) is 0 Å². The second-order valence-electron chi connectivity index (χ2n) is 5.90. The number of esters is 1. The molecule has 0 aliphatic rings. The van der Waals surface area contributed by atoms with Gasteiger partial charge in [0.25, 0.3) is 0 Å². The van der Waals surface area contributed by atoms with Crippen LogP contribution in [0.25, 0.3) is 0 Å². The second kappa shape index (κ2) is 4.82. The minimum atomic E-state index is -0.415. The first-order valence-electron chi connectivity index (χ1n) is 5.43. The molecule has 2 heteroatoms. The lowest BCUT2D eigenvalue weighted by molar-refractivity contribution is -0.161. The number of carbonyl (C=O) groups excluding carboxylic acids is 1. The van der Waals surface area contributed by atoms with Crippen LogP contribution in [0.4, 0.5) is 0 Å². The Morgan fingerprint density at radius 1 is 1.13 bits per heavy atom. The highest BCUT2D eigenvalue weighted by molar-refractivity contribution is 5.75. The molecule has 0 aromatic heterocycles. The van der Waals surface area contributed by atoms with E-state index in [1.165, 1.54) is 0 Å². The molecule has 0 bridgehead atoms. The minimum absolute atomic E-state index is 0.102.